The quantitative estimate of drug-likeness (QED) is 0.781. The molecule has 4 heteroatoms. The van der Waals surface area contributed by atoms with Gasteiger partial charge >= 0.3 is 0 Å². The van der Waals surface area contributed by atoms with Gasteiger partial charge in [-0.05, 0) is 61.4 Å². The third-order valence-corrected chi connectivity index (χ3v) is 3.65. The average Bonchev–Trinajstić information content (AvgIpc) is 2.73. The number of carbonyl (C=O) groups is 1. The van der Waals surface area contributed by atoms with Gasteiger partial charge in [-0.2, -0.15) is 0 Å². The Bertz CT molecular complexity index is 665. The zero-order valence-corrected chi connectivity index (χ0v) is 11.2. The Kier molecular flexibility index (Phi) is 2.86. The van der Waals surface area contributed by atoms with Crippen LogP contribution in [0.5, 0.6) is 5.75 Å². The minimum absolute atomic E-state index is 0.0546. The molecule has 20 heavy (non-hydrogen) atoms. The summed E-state index contributed by atoms with van der Waals surface area (Å²) < 4.78 is 0. The largest absolute Gasteiger partial charge is 0.508 e. The number of nitrogens with two attached hydrogens (primary N) is 1. The number of nitrogen functional groups attached to an aromatic ring is 1. The highest BCUT2D eigenvalue weighted by Gasteiger charge is 2.31. The van der Waals surface area contributed by atoms with Crippen LogP contribution in [0, 0.1) is 0 Å². The predicted molar refractivity (Wildman–Crippen MR) is 78.9 cm³/mol. The molecule has 0 fully saturated rings. The van der Waals surface area contributed by atoms with E-state index in [9.17, 15) is 9.90 Å². The van der Waals surface area contributed by atoms with Crippen LogP contribution < -0.4 is 10.6 Å². The Balaban J connectivity index is 1.98. The summed E-state index contributed by atoms with van der Waals surface area (Å²) >= 11 is 0. The number of hydrogen-bond donors (Lipinski definition) is 2. The summed E-state index contributed by atoms with van der Waals surface area (Å²) in [6.07, 6.45) is 0.810. The molecule has 1 unspecified atom stereocenters. The van der Waals surface area contributed by atoms with Gasteiger partial charge in [0.2, 0.25) is 0 Å². The van der Waals surface area contributed by atoms with Crippen LogP contribution in [0.2, 0.25) is 0 Å². The summed E-state index contributed by atoms with van der Waals surface area (Å²) in [5, 5.41) is 9.31. The zero-order valence-electron chi connectivity index (χ0n) is 11.2. The summed E-state index contributed by atoms with van der Waals surface area (Å²) in [5.74, 6) is 0.102. The fourth-order valence-electron chi connectivity index (χ4n) is 2.70. The number of nitrogens with zero attached hydrogens (tertiary/aromatic N) is 1. The van der Waals surface area contributed by atoms with Crippen molar-refractivity contribution in [2.45, 2.75) is 19.4 Å². The molecule has 3 rings (SSSR count). The van der Waals surface area contributed by atoms with E-state index in [1.165, 1.54) is 12.1 Å². The molecular formula is C16H16N2O2. The highest BCUT2D eigenvalue weighted by atomic mass is 16.3. The van der Waals surface area contributed by atoms with E-state index >= 15 is 0 Å². The van der Waals surface area contributed by atoms with E-state index in [4.69, 9.17) is 5.73 Å². The lowest BCUT2D eigenvalue weighted by molar-refractivity contribution is 0.0981. The van der Waals surface area contributed by atoms with Crippen LogP contribution in [0.4, 0.5) is 11.4 Å². The molecule has 4 nitrogen and oxygen atoms in total. The molecular weight excluding hydrogens is 252 g/mol. The van der Waals surface area contributed by atoms with Crippen molar-refractivity contribution in [1.82, 2.24) is 0 Å². The minimum Gasteiger partial charge on any atom is -0.508 e. The second-order valence-corrected chi connectivity index (χ2v) is 5.16. The van der Waals surface area contributed by atoms with Crippen LogP contribution in [0.15, 0.2) is 42.5 Å². The predicted octanol–water partition coefficient (Wildman–Crippen LogP) is 2.57. The SMILES string of the molecule is CC1Cc2cc(N)ccc2N1C(=O)c1ccc(O)cc1. The number of aromatic hydroxyl groups is 1. The molecule has 0 spiro atoms. The van der Waals surface area contributed by atoms with Gasteiger partial charge in [-0.1, -0.05) is 0 Å². The van der Waals surface area contributed by atoms with Gasteiger partial charge in [0.15, 0.2) is 0 Å². The van der Waals surface area contributed by atoms with Gasteiger partial charge in [-0.25, -0.2) is 0 Å². The van der Waals surface area contributed by atoms with E-state index in [0.717, 1.165) is 23.4 Å². The molecule has 1 heterocycles. The fourth-order valence-corrected chi connectivity index (χ4v) is 2.70. The van der Waals surface area contributed by atoms with E-state index in [1.807, 2.05) is 25.1 Å². The number of phenolic OH excluding ortho intramolecular Hbond substituents is 1. The van der Waals surface area contributed by atoms with Crippen LogP contribution in [-0.2, 0) is 6.42 Å². The van der Waals surface area contributed by atoms with E-state index in [1.54, 1.807) is 17.0 Å². The third kappa shape index (κ3) is 1.99. The maximum Gasteiger partial charge on any atom is 0.258 e. The lowest BCUT2D eigenvalue weighted by atomic mass is 10.1. The molecule has 1 aliphatic heterocycles. The van der Waals surface area contributed by atoms with Gasteiger partial charge in [0.1, 0.15) is 5.75 Å². The van der Waals surface area contributed by atoms with Gasteiger partial charge in [-0.15, -0.1) is 0 Å². The maximum absolute atomic E-state index is 12.6. The van der Waals surface area contributed by atoms with Gasteiger partial charge < -0.3 is 15.7 Å². The molecule has 2 aromatic carbocycles. The standard InChI is InChI=1S/C16H16N2O2/c1-10-8-12-9-13(17)4-7-15(12)18(10)16(20)11-2-5-14(19)6-3-11/h2-7,9-10,19H,8,17H2,1H3. The summed E-state index contributed by atoms with van der Waals surface area (Å²) in [7, 11) is 0. The molecule has 0 saturated carbocycles. The highest BCUT2D eigenvalue weighted by Crippen LogP contribution is 2.34. The van der Waals surface area contributed by atoms with Gasteiger partial charge in [0, 0.05) is 23.0 Å². The van der Waals surface area contributed by atoms with Crippen LogP contribution in [0.1, 0.15) is 22.8 Å². The Morgan fingerprint density at radius 2 is 1.95 bits per heavy atom. The summed E-state index contributed by atoms with van der Waals surface area (Å²) in [6.45, 7) is 2.02. The third-order valence-electron chi connectivity index (χ3n) is 3.65. The van der Waals surface area contributed by atoms with Crippen molar-refractivity contribution in [3.05, 3.63) is 53.6 Å². The number of anilines is 2. The molecule has 0 aliphatic carbocycles. The van der Waals surface area contributed by atoms with Crippen molar-refractivity contribution < 1.29 is 9.90 Å². The van der Waals surface area contributed by atoms with Crippen molar-refractivity contribution in [3.63, 3.8) is 0 Å². The first-order chi connectivity index (χ1) is 9.56. The number of fused-ring (bicyclic) bond motifs is 1. The molecule has 102 valence electrons. The van der Waals surface area contributed by atoms with Crippen LogP contribution in [-0.4, -0.2) is 17.1 Å². The first-order valence-electron chi connectivity index (χ1n) is 6.57. The maximum atomic E-state index is 12.6. The monoisotopic (exact) mass is 268 g/mol. The molecule has 0 radical (unpaired) electrons. The first kappa shape index (κ1) is 12.5. The number of amides is 1. The fraction of sp³-hybridized carbons (Fsp3) is 0.188. The lowest BCUT2D eigenvalue weighted by Gasteiger charge is -2.22. The molecule has 0 saturated heterocycles. The van der Waals surface area contributed by atoms with E-state index < -0.39 is 0 Å². The lowest BCUT2D eigenvalue weighted by Crippen LogP contribution is -2.35. The second kappa shape index (κ2) is 4.56. The van der Waals surface area contributed by atoms with Gasteiger partial charge in [0.25, 0.3) is 5.91 Å². The summed E-state index contributed by atoms with van der Waals surface area (Å²) in [5.41, 5.74) is 9.10. The number of benzene rings is 2. The zero-order chi connectivity index (χ0) is 14.3. The molecule has 0 bridgehead atoms. The van der Waals surface area contributed by atoms with Crippen LogP contribution in [0.25, 0.3) is 0 Å². The Morgan fingerprint density at radius 3 is 2.65 bits per heavy atom. The van der Waals surface area contributed by atoms with Crippen molar-refractivity contribution in [2.24, 2.45) is 0 Å². The van der Waals surface area contributed by atoms with Crippen LogP contribution >= 0.6 is 0 Å². The van der Waals surface area contributed by atoms with E-state index in [-0.39, 0.29) is 17.7 Å². The Labute approximate surface area is 117 Å². The van der Waals surface area contributed by atoms with Gasteiger partial charge in [0.05, 0.1) is 0 Å². The van der Waals surface area contributed by atoms with E-state index in [2.05, 4.69) is 0 Å². The van der Waals surface area contributed by atoms with Crippen molar-refractivity contribution in [3.8, 4) is 5.75 Å². The first-order valence-corrected chi connectivity index (χ1v) is 6.57. The smallest absolute Gasteiger partial charge is 0.258 e. The summed E-state index contributed by atoms with van der Waals surface area (Å²) in [6, 6.07) is 12.1. The molecule has 1 aliphatic rings. The van der Waals surface area contributed by atoms with Crippen molar-refractivity contribution in [1.29, 1.82) is 0 Å². The van der Waals surface area contributed by atoms with Gasteiger partial charge in [-0.3, -0.25) is 4.79 Å². The number of phenols is 1. The number of hydrogen-bond acceptors (Lipinski definition) is 3. The average molecular weight is 268 g/mol. The molecule has 0 aromatic heterocycles. The Morgan fingerprint density at radius 1 is 1.25 bits per heavy atom. The Hall–Kier alpha value is -2.49. The number of rotatable bonds is 1. The van der Waals surface area contributed by atoms with Crippen LogP contribution in [0.3, 0.4) is 0 Å². The summed E-state index contributed by atoms with van der Waals surface area (Å²) in [4.78, 5) is 14.4. The number of carbonyl (C=O) groups excluding carboxylic acids is 1. The molecule has 3 N–H and O–H groups in total. The van der Waals surface area contributed by atoms with Crippen molar-refractivity contribution >= 4 is 17.3 Å². The normalized spacial score (nSPS) is 17.1. The molecule has 2 aromatic rings. The second-order valence-electron chi connectivity index (χ2n) is 5.16. The highest BCUT2D eigenvalue weighted by molar-refractivity contribution is 6.07. The minimum atomic E-state index is -0.0546. The molecule has 1 amide bonds. The van der Waals surface area contributed by atoms with Crippen molar-refractivity contribution in [2.75, 3.05) is 10.6 Å². The molecule has 1 atom stereocenters. The topological polar surface area (TPSA) is 66.6 Å². The van der Waals surface area contributed by atoms with E-state index in [0.29, 0.717) is 5.56 Å².